The van der Waals surface area contributed by atoms with Gasteiger partial charge in [-0.2, -0.15) is 0 Å². The van der Waals surface area contributed by atoms with Crippen LogP contribution in [0.15, 0.2) is 61.2 Å². The Bertz CT molecular complexity index is 610. The van der Waals surface area contributed by atoms with Gasteiger partial charge in [0.25, 0.3) is 0 Å². The molecule has 2 aromatic rings. The van der Waals surface area contributed by atoms with E-state index in [4.69, 9.17) is 0 Å². The van der Waals surface area contributed by atoms with Gasteiger partial charge in [-0.15, -0.1) is 6.58 Å². The second kappa shape index (κ2) is 7.64. The highest BCUT2D eigenvalue weighted by molar-refractivity contribution is 5.64. The molecule has 0 aliphatic heterocycles. The summed E-state index contributed by atoms with van der Waals surface area (Å²) >= 11 is 0. The fourth-order valence-corrected chi connectivity index (χ4v) is 3.60. The number of allylic oxidation sites excluding steroid dienone is 1. The number of hydrogen-bond acceptors (Lipinski definition) is 0. The average molecular weight is 303 g/mol. The molecule has 119 valence electrons. The first-order valence-electron chi connectivity index (χ1n) is 8.89. The van der Waals surface area contributed by atoms with Crippen LogP contribution in [-0.4, -0.2) is 0 Å². The molecule has 0 amide bonds. The third kappa shape index (κ3) is 4.13. The molecular weight excluding hydrogens is 276 g/mol. The van der Waals surface area contributed by atoms with E-state index in [-0.39, 0.29) is 0 Å². The van der Waals surface area contributed by atoms with Crippen LogP contribution in [0.25, 0.3) is 11.1 Å². The second-order valence-electron chi connectivity index (χ2n) is 6.86. The van der Waals surface area contributed by atoms with Crippen LogP contribution in [0, 0.1) is 18.8 Å². The van der Waals surface area contributed by atoms with E-state index in [0.717, 1.165) is 5.92 Å². The lowest BCUT2D eigenvalue weighted by Crippen LogP contribution is -2.13. The first-order valence-corrected chi connectivity index (χ1v) is 8.89. The Morgan fingerprint density at radius 3 is 1.96 bits per heavy atom. The van der Waals surface area contributed by atoms with Crippen LogP contribution in [0.1, 0.15) is 49.7 Å². The van der Waals surface area contributed by atoms with Gasteiger partial charge in [0.2, 0.25) is 0 Å². The molecule has 0 bridgehead atoms. The quantitative estimate of drug-likeness (QED) is 0.536. The monoisotopic (exact) mass is 303 g/mol. The molecule has 1 radical (unpaired) electrons. The summed E-state index contributed by atoms with van der Waals surface area (Å²) in [5, 5.41) is 0. The Morgan fingerprint density at radius 2 is 1.39 bits per heavy atom. The summed E-state index contributed by atoms with van der Waals surface area (Å²) in [6.45, 7) is 5.97. The Hall–Kier alpha value is -1.82. The summed E-state index contributed by atoms with van der Waals surface area (Å²) in [6, 6.07) is 18.0. The molecule has 0 N–H and O–H groups in total. The molecule has 0 unspecified atom stereocenters. The van der Waals surface area contributed by atoms with Crippen molar-refractivity contribution in [2.45, 2.75) is 45.4 Å². The summed E-state index contributed by atoms with van der Waals surface area (Å²) in [6.07, 6.45) is 9.79. The average Bonchev–Trinajstić information content (AvgIpc) is 2.61. The third-order valence-electron chi connectivity index (χ3n) is 5.17. The summed E-state index contributed by atoms with van der Waals surface area (Å²) in [5.41, 5.74) is 5.38. The molecular formula is C23H27. The van der Waals surface area contributed by atoms with E-state index < -0.39 is 0 Å². The van der Waals surface area contributed by atoms with Gasteiger partial charge in [-0.1, -0.05) is 60.2 Å². The van der Waals surface area contributed by atoms with Gasteiger partial charge < -0.3 is 0 Å². The number of benzene rings is 2. The number of aryl methyl sites for hydroxylation is 1. The Morgan fingerprint density at radius 1 is 0.870 bits per heavy atom. The van der Waals surface area contributed by atoms with Crippen LogP contribution >= 0.6 is 0 Å². The van der Waals surface area contributed by atoms with Crippen molar-refractivity contribution >= 4 is 0 Å². The molecule has 23 heavy (non-hydrogen) atoms. The smallest absolute Gasteiger partial charge is 0.00500 e. The van der Waals surface area contributed by atoms with Crippen LogP contribution in [0.3, 0.4) is 0 Å². The second-order valence-corrected chi connectivity index (χ2v) is 6.86. The van der Waals surface area contributed by atoms with Crippen molar-refractivity contribution in [1.29, 1.82) is 0 Å². The van der Waals surface area contributed by atoms with Gasteiger partial charge in [0.1, 0.15) is 0 Å². The van der Waals surface area contributed by atoms with Crippen LogP contribution < -0.4 is 0 Å². The SMILES string of the molecule is C=CCCC1CC[C](c2ccc(-c3ccc(C)cc3)cc2)CC1. The van der Waals surface area contributed by atoms with E-state index in [1.165, 1.54) is 60.8 Å². The predicted octanol–water partition coefficient (Wildman–Crippen LogP) is 6.74. The number of hydrogen-bond donors (Lipinski definition) is 0. The molecule has 1 aliphatic carbocycles. The largest absolute Gasteiger partial charge is 0.103 e. The maximum atomic E-state index is 3.84. The highest BCUT2D eigenvalue weighted by Gasteiger charge is 2.22. The van der Waals surface area contributed by atoms with E-state index in [1.807, 2.05) is 0 Å². The van der Waals surface area contributed by atoms with Gasteiger partial charge >= 0.3 is 0 Å². The van der Waals surface area contributed by atoms with E-state index in [9.17, 15) is 0 Å². The zero-order valence-electron chi connectivity index (χ0n) is 14.2. The van der Waals surface area contributed by atoms with Gasteiger partial charge in [-0.05, 0) is 68.1 Å². The van der Waals surface area contributed by atoms with Crippen molar-refractivity contribution in [3.63, 3.8) is 0 Å². The highest BCUT2D eigenvalue weighted by atomic mass is 14.3. The minimum Gasteiger partial charge on any atom is -0.103 e. The molecule has 1 saturated carbocycles. The fraction of sp³-hybridized carbons (Fsp3) is 0.348. The summed E-state index contributed by atoms with van der Waals surface area (Å²) in [4.78, 5) is 0. The normalized spacial score (nSPS) is 16.4. The fourth-order valence-electron chi connectivity index (χ4n) is 3.60. The molecule has 2 aromatic carbocycles. The van der Waals surface area contributed by atoms with Crippen molar-refractivity contribution in [2.24, 2.45) is 5.92 Å². The minimum absolute atomic E-state index is 0.906. The maximum Gasteiger partial charge on any atom is 0.00500 e. The molecule has 0 heterocycles. The van der Waals surface area contributed by atoms with Gasteiger partial charge in [0.05, 0.1) is 0 Å². The molecule has 1 aliphatic rings. The van der Waals surface area contributed by atoms with Crippen molar-refractivity contribution in [3.05, 3.63) is 78.2 Å². The van der Waals surface area contributed by atoms with Crippen molar-refractivity contribution in [1.82, 2.24) is 0 Å². The van der Waals surface area contributed by atoms with Gasteiger partial charge in [-0.25, -0.2) is 0 Å². The predicted molar refractivity (Wildman–Crippen MR) is 100 cm³/mol. The van der Waals surface area contributed by atoms with Crippen LogP contribution in [0.2, 0.25) is 0 Å². The topological polar surface area (TPSA) is 0 Å². The first-order chi connectivity index (χ1) is 11.3. The van der Waals surface area contributed by atoms with Gasteiger partial charge in [-0.3, -0.25) is 0 Å². The lowest BCUT2D eigenvalue weighted by molar-refractivity contribution is 0.366. The molecule has 1 fully saturated rings. The molecule has 0 heteroatoms. The molecule has 0 spiro atoms. The summed E-state index contributed by atoms with van der Waals surface area (Å²) in [7, 11) is 0. The minimum atomic E-state index is 0.906. The molecule has 0 aromatic heterocycles. The molecule has 0 nitrogen and oxygen atoms in total. The standard InChI is InChI=1S/C23H27/c1-3-4-5-19-8-12-21(13-9-19)23-16-14-22(15-17-23)20-10-6-18(2)7-11-20/h3,6-7,10-11,14-17,19H,1,4-5,8-9,12-13H2,2H3. The van der Waals surface area contributed by atoms with E-state index in [0.29, 0.717) is 0 Å². The Kier molecular flexibility index (Phi) is 5.33. The Balaban J connectivity index is 1.62. The van der Waals surface area contributed by atoms with Crippen LogP contribution in [-0.2, 0) is 0 Å². The van der Waals surface area contributed by atoms with Crippen molar-refractivity contribution < 1.29 is 0 Å². The van der Waals surface area contributed by atoms with E-state index >= 15 is 0 Å². The van der Waals surface area contributed by atoms with Gasteiger partial charge in [0, 0.05) is 5.92 Å². The van der Waals surface area contributed by atoms with Gasteiger partial charge in [0.15, 0.2) is 0 Å². The lowest BCUT2D eigenvalue weighted by atomic mass is 9.77. The van der Waals surface area contributed by atoms with Crippen LogP contribution in [0.5, 0.6) is 0 Å². The molecule has 3 rings (SSSR count). The zero-order valence-corrected chi connectivity index (χ0v) is 14.2. The molecule has 0 atom stereocenters. The van der Waals surface area contributed by atoms with Crippen LogP contribution in [0.4, 0.5) is 0 Å². The molecule has 0 saturated heterocycles. The Labute approximate surface area is 141 Å². The zero-order chi connectivity index (χ0) is 16.1. The van der Waals surface area contributed by atoms with E-state index in [1.54, 1.807) is 5.92 Å². The third-order valence-corrected chi connectivity index (χ3v) is 5.17. The van der Waals surface area contributed by atoms with Crippen molar-refractivity contribution in [2.75, 3.05) is 0 Å². The lowest BCUT2D eigenvalue weighted by Gasteiger charge is -2.28. The summed E-state index contributed by atoms with van der Waals surface area (Å²) in [5.74, 6) is 2.55. The highest BCUT2D eigenvalue weighted by Crippen LogP contribution is 2.37. The van der Waals surface area contributed by atoms with Crippen molar-refractivity contribution in [3.8, 4) is 11.1 Å². The first kappa shape index (κ1) is 16.1. The van der Waals surface area contributed by atoms with E-state index in [2.05, 4.69) is 68.1 Å². The maximum absolute atomic E-state index is 3.84. The number of rotatable bonds is 5. The summed E-state index contributed by atoms with van der Waals surface area (Å²) < 4.78 is 0.